The largest absolute Gasteiger partial charge is 0.479 e. The van der Waals surface area contributed by atoms with Crippen LogP contribution in [0.2, 0.25) is 0 Å². The van der Waals surface area contributed by atoms with E-state index in [4.69, 9.17) is 4.74 Å². The molecule has 1 saturated carbocycles. The standard InChI is InChI=1S/C40H23F3O5S4/c1-17-5-7-21-23(11-17)25(32(46)30(21)44)13-19-15-27-35(49-19)29-37(51-27)38-34(48-39(29)9-3-2-4-10-39)36-28(52-38)16-20(50-36)14-26-24-12-18(40(41,42)43)6-8-22(24)31(45)33(26)47/h5-8,11-16H,2-4,9-10H2,1H3/b25-13-,26-14-. The van der Waals surface area contributed by atoms with Crippen LogP contribution in [0.4, 0.5) is 13.2 Å². The lowest BCUT2D eigenvalue weighted by molar-refractivity contribution is -0.137. The second-order valence-electron chi connectivity index (χ2n) is 13.6. The number of hydrogen-bond donors (Lipinski definition) is 0. The number of alkyl halides is 3. The van der Waals surface area contributed by atoms with Crippen LogP contribution in [0.5, 0.6) is 5.75 Å². The third-order valence-corrected chi connectivity index (χ3v) is 15.3. The first-order valence-electron chi connectivity index (χ1n) is 16.7. The number of benzene rings is 2. The average Bonchev–Trinajstić information content (AvgIpc) is 3.93. The molecule has 258 valence electrons. The number of allylic oxidation sites excluding steroid dienone is 2. The molecule has 5 heterocycles. The summed E-state index contributed by atoms with van der Waals surface area (Å²) < 4.78 is 51.8. The summed E-state index contributed by atoms with van der Waals surface area (Å²) in [6, 6.07) is 12.3. The Balaban J connectivity index is 1.08. The summed E-state index contributed by atoms with van der Waals surface area (Å²) >= 11 is 6.30. The Morgan fingerprint density at radius 3 is 1.88 bits per heavy atom. The molecular weight excluding hydrogens is 746 g/mol. The number of carbonyl (C=O) groups is 4. The Bertz CT molecular complexity index is 2720. The molecule has 1 fully saturated rings. The molecule has 5 nitrogen and oxygen atoms in total. The number of carbonyl (C=O) groups excluding carboxylic acids is 4. The number of Topliss-reactive ketones (excluding diaryl/α,β-unsaturated/α-hetero) is 4. The summed E-state index contributed by atoms with van der Waals surface area (Å²) in [6.07, 6.45) is 3.57. The highest BCUT2D eigenvalue weighted by Crippen LogP contribution is 2.62. The van der Waals surface area contributed by atoms with Crippen molar-refractivity contribution in [2.24, 2.45) is 0 Å². The van der Waals surface area contributed by atoms with Crippen LogP contribution in [0.3, 0.4) is 0 Å². The predicted octanol–water partition coefficient (Wildman–Crippen LogP) is 11.4. The van der Waals surface area contributed by atoms with E-state index in [0.29, 0.717) is 21.6 Å². The van der Waals surface area contributed by atoms with Crippen LogP contribution in [0.25, 0.3) is 51.9 Å². The molecule has 2 aromatic carbocycles. The molecule has 1 spiro atoms. The number of ketones is 4. The monoisotopic (exact) mass is 768 g/mol. The van der Waals surface area contributed by atoms with Crippen molar-refractivity contribution in [3.63, 3.8) is 0 Å². The van der Waals surface area contributed by atoms with E-state index < -0.39 is 40.5 Å². The number of ether oxygens (including phenoxy) is 1. The lowest BCUT2D eigenvalue weighted by atomic mass is 9.78. The Hall–Kier alpha value is -4.49. The van der Waals surface area contributed by atoms with Crippen molar-refractivity contribution in [3.8, 4) is 15.5 Å². The quantitative estimate of drug-likeness (QED) is 0.129. The van der Waals surface area contributed by atoms with Gasteiger partial charge < -0.3 is 4.74 Å². The molecule has 12 heteroatoms. The molecule has 10 rings (SSSR count). The maximum absolute atomic E-state index is 13.5. The van der Waals surface area contributed by atoms with E-state index in [1.807, 2.05) is 31.2 Å². The molecule has 52 heavy (non-hydrogen) atoms. The summed E-state index contributed by atoms with van der Waals surface area (Å²) in [4.78, 5) is 55.2. The third-order valence-electron chi connectivity index (χ3n) is 10.4. The molecule has 3 aliphatic carbocycles. The molecule has 0 saturated heterocycles. The van der Waals surface area contributed by atoms with Crippen molar-refractivity contribution in [1.82, 2.24) is 0 Å². The van der Waals surface area contributed by atoms with Gasteiger partial charge in [-0.2, -0.15) is 13.2 Å². The first-order valence-corrected chi connectivity index (χ1v) is 19.9. The second kappa shape index (κ2) is 11.0. The highest BCUT2D eigenvalue weighted by molar-refractivity contribution is 7.35. The Labute approximate surface area is 309 Å². The van der Waals surface area contributed by atoms with Crippen LogP contribution in [0.15, 0.2) is 48.5 Å². The second-order valence-corrected chi connectivity index (χ2v) is 17.9. The minimum atomic E-state index is -4.61. The van der Waals surface area contributed by atoms with Crippen molar-refractivity contribution in [2.45, 2.75) is 50.8 Å². The normalized spacial score (nSPS) is 19.3. The summed E-state index contributed by atoms with van der Waals surface area (Å²) in [6.45, 7) is 1.94. The Morgan fingerprint density at radius 1 is 0.654 bits per heavy atom. The van der Waals surface area contributed by atoms with Crippen molar-refractivity contribution in [1.29, 1.82) is 0 Å². The minimum absolute atomic E-state index is 0.00236. The van der Waals surface area contributed by atoms with Gasteiger partial charge in [0.25, 0.3) is 0 Å². The van der Waals surface area contributed by atoms with E-state index in [-0.39, 0.29) is 16.7 Å². The molecule has 0 radical (unpaired) electrons. The predicted molar refractivity (Wildman–Crippen MR) is 201 cm³/mol. The highest BCUT2D eigenvalue weighted by Gasteiger charge is 2.47. The summed E-state index contributed by atoms with van der Waals surface area (Å²) in [5.74, 6) is -1.78. The smallest absolute Gasteiger partial charge is 0.416 e. The van der Waals surface area contributed by atoms with E-state index in [9.17, 15) is 32.3 Å². The van der Waals surface area contributed by atoms with E-state index >= 15 is 0 Å². The number of rotatable bonds is 2. The lowest BCUT2D eigenvalue weighted by Crippen LogP contribution is -2.37. The maximum Gasteiger partial charge on any atom is 0.416 e. The van der Waals surface area contributed by atoms with Crippen molar-refractivity contribution in [3.05, 3.63) is 97.2 Å². The van der Waals surface area contributed by atoms with Gasteiger partial charge in [-0.1, -0.05) is 30.2 Å². The maximum atomic E-state index is 13.5. The zero-order valence-corrected chi connectivity index (χ0v) is 30.4. The fourth-order valence-corrected chi connectivity index (χ4v) is 13.3. The number of fused-ring (bicyclic) bond motifs is 10. The van der Waals surface area contributed by atoms with Crippen LogP contribution >= 0.6 is 45.3 Å². The SMILES string of the molecule is Cc1ccc2c(c1)/C(=C/c1cc3sc4c(c3s1)C1(CCCCC1)Oc1c-4sc3cc(/C=C4\C(=O)C(=O)c5ccc(C(F)(F)F)cc54)sc13)C(=O)C2=O. The minimum Gasteiger partial charge on any atom is -0.479 e. The number of halogens is 3. The van der Waals surface area contributed by atoms with E-state index in [0.717, 1.165) is 95.0 Å². The van der Waals surface area contributed by atoms with Gasteiger partial charge in [-0.25, -0.2) is 0 Å². The number of aryl methyl sites for hydroxylation is 1. The van der Waals surface area contributed by atoms with Crippen LogP contribution in [-0.2, 0) is 21.4 Å². The molecule has 0 atom stereocenters. The van der Waals surface area contributed by atoms with Gasteiger partial charge in [0.1, 0.15) is 5.60 Å². The number of hydrogen-bond acceptors (Lipinski definition) is 9. The van der Waals surface area contributed by atoms with Gasteiger partial charge in [0, 0.05) is 42.3 Å². The Kier molecular flexibility index (Phi) is 6.82. The van der Waals surface area contributed by atoms with E-state index in [1.54, 1.807) is 40.1 Å². The summed E-state index contributed by atoms with van der Waals surface area (Å²) in [5.41, 5.74) is 2.20. The van der Waals surface area contributed by atoms with Crippen LogP contribution < -0.4 is 4.74 Å². The molecule has 0 amide bonds. The molecule has 0 N–H and O–H groups in total. The van der Waals surface area contributed by atoms with Gasteiger partial charge >= 0.3 is 6.18 Å². The molecule has 0 unspecified atom stereocenters. The zero-order chi connectivity index (χ0) is 35.8. The molecule has 6 aromatic rings. The van der Waals surface area contributed by atoms with E-state index in [2.05, 4.69) is 6.07 Å². The topological polar surface area (TPSA) is 77.5 Å². The van der Waals surface area contributed by atoms with E-state index in [1.165, 1.54) is 23.0 Å². The van der Waals surface area contributed by atoms with Gasteiger partial charge in [-0.3, -0.25) is 19.2 Å². The van der Waals surface area contributed by atoms with Crippen LogP contribution in [0, 0.1) is 6.92 Å². The number of thiophene rings is 4. The fraction of sp³-hybridized carbons (Fsp3) is 0.200. The molecule has 1 aliphatic heterocycles. The zero-order valence-electron chi connectivity index (χ0n) is 27.1. The third kappa shape index (κ3) is 4.57. The van der Waals surface area contributed by atoms with Gasteiger partial charge in [0.15, 0.2) is 5.75 Å². The van der Waals surface area contributed by atoms with Crippen molar-refractivity contribution >= 4 is 111 Å². The van der Waals surface area contributed by atoms with Crippen molar-refractivity contribution in [2.75, 3.05) is 0 Å². The van der Waals surface area contributed by atoms with Gasteiger partial charge in [-0.05, 0) is 86.2 Å². The van der Waals surface area contributed by atoms with Crippen LogP contribution in [0.1, 0.15) is 90.4 Å². The van der Waals surface area contributed by atoms with Gasteiger partial charge in [0.05, 0.1) is 29.4 Å². The summed E-state index contributed by atoms with van der Waals surface area (Å²) in [7, 11) is 0. The Morgan fingerprint density at radius 2 is 1.23 bits per heavy atom. The molecule has 4 aromatic heterocycles. The first kappa shape index (κ1) is 32.2. The summed E-state index contributed by atoms with van der Waals surface area (Å²) in [5, 5.41) is 0. The molecule has 4 aliphatic rings. The van der Waals surface area contributed by atoms with Crippen molar-refractivity contribution < 1.29 is 37.1 Å². The first-order chi connectivity index (χ1) is 24.9. The average molecular weight is 769 g/mol. The van der Waals surface area contributed by atoms with Gasteiger partial charge in [0.2, 0.25) is 23.1 Å². The lowest BCUT2D eigenvalue weighted by Gasteiger charge is -2.40. The highest BCUT2D eigenvalue weighted by atomic mass is 32.1. The van der Waals surface area contributed by atoms with Crippen LogP contribution in [-0.4, -0.2) is 23.1 Å². The van der Waals surface area contributed by atoms with Gasteiger partial charge in [-0.15, -0.1) is 45.3 Å². The molecular formula is C40H23F3O5S4. The fourth-order valence-electron chi connectivity index (χ4n) is 8.00. The molecule has 0 bridgehead atoms.